The Kier molecular flexibility index (Phi) is 11.6. The number of alkyl halides is 1. The van der Waals surface area contributed by atoms with Crippen molar-refractivity contribution in [2.75, 3.05) is 14.1 Å². The van der Waals surface area contributed by atoms with Crippen molar-refractivity contribution in [1.82, 2.24) is 0 Å². The van der Waals surface area contributed by atoms with Crippen LogP contribution in [0.25, 0.3) is 0 Å². The third-order valence-electron chi connectivity index (χ3n) is 8.45. The maximum atomic E-state index is 15.5. The van der Waals surface area contributed by atoms with Crippen LogP contribution in [0.5, 0.6) is 0 Å². The second-order valence-corrected chi connectivity index (χ2v) is 11.5. The Morgan fingerprint density at radius 2 is 0.648 bits per heavy atom. The predicted octanol–water partition coefficient (Wildman–Crippen LogP) is 7.73. The van der Waals surface area contributed by atoms with E-state index in [9.17, 15) is 52.7 Å². The SMILES string of the molecule is C[NH+](C)c1ccccc1.FC1=C(F)C(F)C([B-](c2c(F)c(F)c(F)c(F)c2F)(c2c(F)c(F)c(F)c(F)c2F)c2c(F)c(F)c(F)c(F)c2F)C(F)=C1F. The maximum absolute atomic E-state index is 15.5. The largest absolute Gasteiger partial charge is 0.307 e. The molecule has 2 unspecified atom stereocenters. The van der Waals surface area contributed by atoms with Gasteiger partial charge in [-0.1, -0.05) is 24.0 Å². The molecule has 0 spiro atoms. The Hall–Kier alpha value is -5.02. The van der Waals surface area contributed by atoms with Crippen LogP contribution in [-0.4, -0.2) is 26.4 Å². The van der Waals surface area contributed by atoms with Crippen molar-refractivity contribution in [3.05, 3.63) is 141 Å². The van der Waals surface area contributed by atoms with Gasteiger partial charge in [0, 0.05) is 0 Å². The van der Waals surface area contributed by atoms with Crippen LogP contribution in [0.3, 0.4) is 0 Å². The van der Waals surface area contributed by atoms with Gasteiger partial charge in [0.25, 0.3) is 0 Å². The summed E-state index contributed by atoms with van der Waals surface area (Å²) in [5, 5.41) is 0. The molecule has 0 fully saturated rings. The molecule has 5 rings (SSSR count). The monoisotopic (exact) mass is 803 g/mol. The molecule has 0 aliphatic heterocycles. The summed E-state index contributed by atoms with van der Waals surface area (Å²) in [5.74, 6) is -71.7. The lowest BCUT2D eigenvalue weighted by molar-refractivity contribution is -0.786. The summed E-state index contributed by atoms with van der Waals surface area (Å²) in [7, 11) is 4.24. The minimum Gasteiger partial charge on any atom is -0.307 e. The summed E-state index contributed by atoms with van der Waals surface area (Å²) in [5.41, 5.74) is -9.24. The number of benzene rings is 4. The molecule has 4 aromatic carbocycles. The molecule has 0 bridgehead atoms. The summed E-state index contributed by atoms with van der Waals surface area (Å²) >= 11 is 0. The lowest BCUT2D eigenvalue weighted by Crippen LogP contribution is -3.00. The summed E-state index contributed by atoms with van der Waals surface area (Å²) in [6.07, 6.45) is -11.9. The number of para-hydroxylation sites is 1. The second kappa shape index (κ2) is 15.0. The van der Waals surface area contributed by atoms with E-state index < -0.39 is 145 Å². The number of nitrogens with one attached hydrogen (secondary N) is 1. The highest BCUT2D eigenvalue weighted by molar-refractivity contribution is 7.13. The lowest BCUT2D eigenvalue weighted by atomic mass is 9.09. The minimum absolute atomic E-state index is 1.33. The van der Waals surface area contributed by atoms with Crippen LogP contribution in [-0.2, 0) is 0 Å². The molecule has 0 amide bonds. The average Bonchev–Trinajstić information content (AvgIpc) is 3.15. The smallest absolute Gasteiger partial charge is 0.200 e. The fraction of sp³-hybridized carbons (Fsp3) is 0.125. The third kappa shape index (κ3) is 6.16. The van der Waals surface area contributed by atoms with Crippen molar-refractivity contribution in [2.24, 2.45) is 0 Å². The Labute approximate surface area is 288 Å². The Bertz CT molecular complexity index is 1980. The molecule has 2 atom stereocenters. The van der Waals surface area contributed by atoms with Gasteiger partial charge in [0.1, 0.15) is 58.7 Å². The first kappa shape index (κ1) is 41.7. The first-order chi connectivity index (χ1) is 25.0. The first-order valence-corrected chi connectivity index (χ1v) is 14.3. The van der Waals surface area contributed by atoms with Crippen molar-refractivity contribution in [2.45, 2.75) is 12.0 Å². The van der Waals surface area contributed by atoms with E-state index in [0.29, 0.717) is 0 Å². The molecule has 0 saturated heterocycles. The molecule has 54 heavy (non-hydrogen) atoms. The van der Waals surface area contributed by atoms with Gasteiger partial charge in [-0.3, -0.25) is 0 Å². The van der Waals surface area contributed by atoms with Crippen molar-refractivity contribution in [3.8, 4) is 0 Å². The Balaban J connectivity index is 0.000000631. The van der Waals surface area contributed by atoms with E-state index in [1.807, 2.05) is 6.07 Å². The summed E-state index contributed by atoms with van der Waals surface area (Å²) in [4.78, 5) is 1.37. The van der Waals surface area contributed by atoms with Crippen LogP contribution in [0.2, 0.25) is 5.82 Å². The van der Waals surface area contributed by atoms with Crippen molar-refractivity contribution < 1.29 is 92.7 Å². The fourth-order valence-electron chi connectivity index (χ4n) is 6.04. The van der Waals surface area contributed by atoms with Gasteiger partial charge in [-0.25, -0.2) is 87.8 Å². The molecule has 1 N–H and O–H groups in total. The molecule has 0 aromatic heterocycles. The zero-order valence-corrected chi connectivity index (χ0v) is 26.2. The molecular weight excluding hydrogens is 789 g/mol. The molecular formula is C32H14BF20N. The molecule has 0 heterocycles. The van der Waals surface area contributed by atoms with Gasteiger partial charge in [0.15, 0.2) is 69.8 Å². The fourth-order valence-corrected chi connectivity index (χ4v) is 6.04. The topological polar surface area (TPSA) is 4.44 Å². The first-order valence-electron chi connectivity index (χ1n) is 14.3. The number of hydrogen-bond acceptors (Lipinski definition) is 0. The van der Waals surface area contributed by atoms with Gasteiger partial charge in [0.2, 0.25) is 0 Å². The maximum Gasteiger partial charge on any atom is 0.200 e. The third-order valence-corrected chi connectivity index (χ3v) is 8.45. The molecule has 1 aliphatic carbocycles. The Morgan fingerprint density at radius 1 is 0.389 bits per heavy atom. The highest BCUT2D eigenvalue weighted by atomic mass is 19.2. The van der Waals surface area contributed by atoms with Gasteiger partial charge in [-0.05, 0) is 12.1 Å². The Morgan fingerprint density at radius 3 is 0.907 bits per heavy atom. The van der Waals surface area contributed by atoms with Gasteiger partial charge in [-0.2, -0.15) is 0 Å². The van der Waals surface area contributed by atoms with Crippen LogP contribution in [0.4, 0.5) is 93.5 Å². The van der Waals surface area contributed by atoms with Crippen LogP contribution in [0.1, 0.15) is 0 Å². The van der Waals surface area contributed by atoms with Gasteiger partial charge in [0.05, 0.1) is 14.1 Å². The molecule has 290 valence electrons. The molecule has 1 aliphatic rings. The number of halogens is 20. The van der Waals surface area contributed by atoms with Crippen LogP contribution in [0.15, 0.2) is 53.6 Å². The van der Waals surface area contributed by atoms with E-state index >= 15 is 35.1 Å². The van der Waals surface area contributed by atoms with Crippen molar-refractivity contribution in [3.63, 3.8) is 0 Å². The van der Waals surface area contributed by atoms with Crippen molar-refractivity contribution >= 4 is 28.2 Å². The van der Waals surface area contributed by atoms with Crippen LogP contribution < -0.4 is 21.3 Å². The second-order valence-electron chi connectivity index (χ2n) is 11.5. The zero-order chi connectivity index (χ0) is 41.0. The number of allylic oxidation sites excluding steroid dienone is 4. The highest BCUT2D eigenvalue weighted by Crippen LogP contribution is 2.49. The number of rotatable bonds is 5. The molecule has 4 aromatic rings. The van der Waals surface area contributed by atoms with E-state index in [0.717, 1.165) is 0 Å². The predicted molar refractivity (Wildman–Crippen MR) is 149 cm³/mol. The summed E-state index contributed by atoms with van der Waals surface area (Å²) in [6, 6.07) is 10.4. The summed E-state index contributed by atoms with van der Waals surface area (Å²) < 4.78 is 295. The quantitative estimate of drug-likeness (QED) is 0.0913. The van der Waals surface area contributed by atoms with Gasteiger partial charge in [-0.15, -0.1) is 16.4 Å². The lowest BCUT2D eigenvalue weighted by Gasteiger charge is -2.50. The number of hydrogen-bond donors (Lipinski definition) is 1. The van der Waals surface area contributed by atoms with E-state index in [-0.39, 0.29) is 0 Å². The highest BCUT2D eigenvalue weighted by Gasteiger charge is 2.58. The van der Waals surface area contributed by atoms with Crippen molar-refractivity contribution in [1.29, 1.82) is 0 Å². The van der Waals surface area contributed by atoms with Crippen LogP contribution in [0, 0.1) is 87.3 Å². The normalized spacial score (nSPS) is 16.4. The molecule has 22 heteroatoms. The molecule has 0 saturated carbocycles. The summed E-state index contributed by atoms with van der Waals surface area (Å²) in [6.45, 7) is 0. The van der Waals surface area contributed by atoms with E-state index in [2.05, 4.69) is 38.4 Å². The average molecular weight is 803 g/mol. The van der Waals surface area contributed by atoms with Gasteiger partial charge < -0.3 is 4.90 Å². The minimum atomic E-state index is -7.10. The molecule has 0 radical (unpaired) electrons. The standard InChI is InChI=1S/C24H2BF20.C8H11N/c26-5-1(6(27)14(35)21(42)13(5)34)25(2-7(28)15(36)22(43)16(37)8(2)29,3-9(30)17(38)23(44)18(39)10(3)31)4-11(32)19(40)24(45)20(41)12(4)33;1-9(2)8-6-4-3-5-7-8/h1,5H;3-7H,1-2H3/q-1;/p+1. The van der Waals surface area contributed by atoms with Gasteiger partial charge >= 0.3 is 0 Å². The number of quaternary nitrogens is 1. The van der Waals surface area contributed by atoms with E-state index in [4.69, 9.17) is 0 Å². The van der Waals surface area contributed by atoms with Crippen LogP contribution >= 0.6 is 0 Å². The zero-order valence-electron chi connectivity index (χ0n) is 26.2. The van der Waals surface area contributed by atoms with E-state index in [1.54, 1.807) is 0 Å². The molecule has 1 nitrogen and oxygen atoms in total. The van der Waals surface area contributed by atoms with E-state index in [1.165, 1.54) is 10.6 Å².